The number of pyridine rings is 1. The Labute approximate surface area is 261 Å². The van der Waals surface area contributed by atoms with Crippen LogP contribution in [-0.4, -0.2) is 66.2 Å². The second kappa shape index (κ2) is 14.7. The first-order valence-electron chi connectivity index (χ1n) is 15.1. The van der Waals surface area contributed by atoms with E-state index in [9.17, 15) is 9.59 Å². The molecule has 1 aliphatic rings. The highest BCUT2D eigenvalue weighted by Crippen LogP contribution is 2.40. The zero-order valence-corrected chi connectivity index (χ0v) is 26.7. The fraction of sp³-hybridized carbons (Fsp3) is 0.324. The first kappa shape index (κ1) is 32.3. The molecule has 0 radical (unpaired) electrons. The monoisotopic (exact) mass is 593 g/mol. The Morgan fingerprint density at radius 1 is 0.955 bits per heavy atom. The number of nitrogens with zero attached hydrogens (tertiary/aromatic N) is 3. The molecule has 7 heteroatoms. The number of carbonyl (C=O) groups excluding carboxylic acids is 2. The van der Waals surface area contributed by atoms with Crippen LogP contribution in [0.2, 0.25) is 0 Å². The average Bonchev–Trinajstić information content (AvgIpc) is 3.42. The zero-order valence-electron chi connectivity index (χ0n) is 26.7. The maximum Gasteiger partial charge on any atom is 0.410 e. The summed E-state index contributed by atoms with van der Waals surface area (Å²) in [6.45, 7) is 8.36. The van der Waals surface area contributed by atoms with Gasteiger partial charge in [0.15, 0.2) is 0 Å². The van der Waals surface area contributed by atoms with E-state index in [1.54, 1.807) is 20.2 Å². The van der Waals surface area contributed by atoms with Gasteiger partial charge in [0, 0.05) is 44.5 Å². The maximum absolute atomic E-state index is 12.8. The molecule has 0 bridgehead atoms. The van der Waals surface area contributed by atoms with Gasteiger partial charge in [-0.05, 0) is 73.1 Å². The Hall–Kier alpha value is -4.65. The van der Waals surface area contributed by atoms with Gasteiger partial charge in [-0.25, -0.2) is 9.78 Å². The fourth-order valence-electron chi connectivity index (χ4n) is 5.05. The smallest absolute Gasteiger partial charge is 0.410 e. The normalized spacial score (nSPS) is 13.2. The quantitative estimate of drug-likeness (QED) is 0.218. The van der Waals surface area contributed by atoms with E-state index in [0.717, 1.165) is 18.4 Å². The highest BCUT2D eigenvalue weighted by atomic mass is 16.6. The predicted octanol–water partition coefficient (Wildman–Crippen LogP) is 7.30. The SMILES string of the molecule is CC/C(=C(\C1=Cc2ccccc2C1)c1ccc(OCCN(C/C=C/C(=O)N(C)C)C(=O)OC(C)(C)C)nc1)c1ccccc1. The van der Waals surface area contributed by atoms with Gasteiger partial charge in [-0.15, -0.1) is 0 Å². The van der Waals surface area contributed by atoms with Crippen molar-refractivity contribution in [2.24, 2.45) is 0 Å². The predicted molar refractivity (Wildman–Crippen MR) is 177 cm³/mol. The van der Waals surface area contributed by atoms with Crippen LogP contribution >= 0.6 is 0 Å². The van der Waals surface area contributed by atoms with Gasteiger partial charge in [0.05, 0.1) is 6.54 Å². The highest BCUT2D eigenvalue weighted by Gasteiger charge is 2.23. The number of hydrogen-bond acceptors (Lipinski definition) is 5. The van der Waals surface area contributed by atoms with E-state index in [2.05, 4.69) is 72.6 Å². The van der Waals surface area contributed by atoms with Crippen molar-refractivity contribution < 1.29 is 19.1 Å². The lowest BCUT2D eigenvalue weighted by Gasteiger charge is -2.26. The number of aromatic nitrogens is 1. The summed E-state index contributed by atoms with van der Waals surface area (Å²) in [4.78, 5) is 32.4. The first-order chi connectivity index (χ1) is 21.1. The molecule has 0 saturated heterocycles. The van der Waals surface area contributed by atoms with E-state index in [1.165, 1.54) is 49.3 Å². The minimum absolute atomic E-state index is 0.154. The molecule has 0 fully saturated rings. The lowest BCUT2D eigenvalue weighted by molar-refractivity contribution is -0.123. The van der Waals surface area contributed by atoms with E-state index in [-0.39, 0.29) is 25.6 Å². The summed E-state index contributed by atoms with van der Waals surface area (Å²) in [5.74, 6) is 0.316. The molecule has 1 heterocycles. The van der Waals surface area contributed by atoms with Crippen LogP contribution in [-0.2, 0) is 16.0 Å². The molecule has 230 valence electrons. The number of ether oxygens (including phenoxy) is 2. The van der Waals surface area contributed by atoms with E-state index in [4.69, 9.17) is 9.47 Å². The van der Waals surface area contributed by atoms with Crippen molar-refractivity contribution in [3.05, 3.63) is 113 Å². The van der Waals surface area contributed by atoms with E-state index in [0.29, 0.717) is 5.88 Å². The lowest BCUT2D eigenvalue weighted by atomic mass is 9.88. The van der Waals surface area contributed by atoms with Crippen molar-refractivity contribution in [1.82, 2.24) is 14.8 Å². The largest absolute Gasteiger partial charge is 0.476 e. The highest BCUT2D eigenvalue weighted by molar-refractivity contribution is 6.01. The summed E-state index contributed by atoms with van der Waals surface area (Å²) >= 11 is 0. The van der Waals surface area contributed by atoms with E-state index in [1.807, 2.05) is 39.1 Å². The molecule has 3 aromatic rings. The molecule has 2 amide bonds. The number of amides is 2. The third-order valence-electron chi connectivity index (χ3n) is 7.18. The molecule has 0 unspecified atom stereocenters. The second-order valence-electron chi connectivity index (χ2n) is 11.9. The molecular weight excluding hydrogens is 550 g/mol. The number of benzene rings is 2. The molecule has 0 saturated carbocycles. The fourth-order valence-corrected chi connectivity index (χ4v) is 5.05. The van der Waals surface area contributed by atoms with E-state index >= 15 is 0 Å². The average molecular weight is 594 g/mol. The lowest BCUT2D eigenvalue weighted by Crippen LogP contribution is -2.39. The Bertz CT molecular complexity index is 1530. The van der Waals surface area contributed by atoms with Crippen molar-refractivity contribution in [3.8, 4) is 5.88 Å². The van der Waals surface area contributed by atoms with Gasteiger partial charge in [0.25, 0.3) is 0 Å². The molecule has 1 aliphatic carbocycles. The Morgan fingerprint density at radius 2 is 1.68 bits per heavy atom. The molecule has 44 heavy (non-hydrogen) atoms. The topological polar surface area (TPSA) is 72.0 Å². The van der Waals surface area contributed by atoms with Gasteiger partial charge in [0.1, 0.15) is 12.2 Å². The zero-order chi connectivity index (χ0) is 31.7. The molecule has 7 nitrogen and oxygen atoms in total. The van der Waals surface area contributed by atoms with Crippen molar-refractivity contribution in [3.63, 3.8) is 0 Å². The van der Waals surface area contributed by atoms with Crippen molar-refractivity contribution in [1.29, 1.82) is 0 Å². The molecule has 2 aromatic carbocycles. The number of carbonyl (C=O) groups is 2. The molecule has 0 atom stereocenters. The Balaban J connectivity index is 1.52. The summed E-state index contributed by atoms with van der Waals surface area (Å²) < 4.78 is 11.5. The number of fused-ring (bicyclic) bond motifs is 1. The molecule has 0 N–H and O–H groups in total. The molecule has 0 aliphatic heterocycles. The van der Waals surface area contributed by atoms with Gasteiger partial charge >= 0.3 is 6.09 Å². The number of likely N-dealkylation sites (N-methyl/N-ethyl adjacent to an activating group) is 1. The van der Waals surface area contributed by atoms with Gasteiger partial charge in [-0.1, -0.05) is 73.7 Å². The van der Waals surface area contributed by atoms with Crippen LogP contribution in [0.15, 0.2) is 90.7 Å². The van der Waals surface area contributed by atoms with E-state index < -0.39 is 11.7 Å². The third-order valence-corrected chi connectivity index (χ3v) is 7.18. The van der Waals surface area contributed by atoms with Gasteiger partial charge in [-0.2, -0.15) is 0 Å². The first-order valence-corrected chi connectivity index (χ1v) is 15.1. The summed E-state index contributed by atoms with van der Waals surface area (Å²) in [6.07, 6.45) is 8.53. The number of rotatable bonds is 11. The maximum atomic E-state index is 12.8. The summed E-state index contributed by atoms with van der Waals surface area (Å²) in [5, 5.41) is 0. The third kappa shape index (κ3) is 8.69. The van der Waals surface area contributed by atoms with Crippen LogP contribution in [0.4, 0.5) is 4.79 Å². The van der Waals surface area contributed by atoms with Crippen molar-refractivity contribution >= 4 is 29.2 Å². The van der Waals surface area contributed by atoms with Crippen LogP contribution in [0.1, 0.15) is 56.4 Å². The van der Waals surface area contributed by atoms with Crippen LogP contribution in [0.3, 0.4) is 0 Å². The standard InChI is InChI=1S/C37H43N3O4/c1-7-32(27-14-9-8-10-15-27)35(31-24-28-16-11-12-17-29(28)25-31)30-19-20-33(38-26-30)43-23-22-40(36(42)44-37(2,3)4)21-13-18-34(41)39(5)6/h8-20,24,26H,7,21-23,25H2,1-6H3/b18-13+,35-32+. The summed E-state index contributed by atoms with van der Waals surface area (Å²) in [7, 11) is 3.36. The van der Waals surface area contributed by atoms with Gasteiger partial charge in [0.2, 0.25) is 11.8 Å². The van der Waals surface area contributed by atoms with Crippen LogP contribution in [0.5, 0.6) is 5.88 Å². The van der Waals surface area contributed by atoms with Gasteiger partial charge < -0.3 is 19.3 Å². The molecule has 4 rings (SSSR count). The Kier molecular flexibility index (Phi) is 10.8. The molecule has 1 aromatic heterocycles. The summed E-state index contributed by atoms with van der Waals surface area (Å²) in [6, 6.07) is 23.0. The minimum Gasteiger partial charge on any atom is -0.476 e. The van der Waals surface area contributed by atoms with Crippen molar-refractivity contribution in [2.45, 2.75) is 46.1 Å². The summed E-state index contributed by atoms with van der Waals surface area (Å²) in [5.41, 5.74) is 7.91. The van der Waals surface area contributed by atoms with Crippen LogP contribution < -0.4 is 4.74 Å². The van der Waals surface area contributed by atoms with Crippen LogP contribution in [0, 0.1) is 0 Å². The molecule has 0 spiro atoms. The Morgan fingerprint density at radius 3 is 2.32 bits per heavy atom. The number of allylic oxidation sites excluding steroid dienone is 3. The number of hydrogen-bond donors (Lipinski definition) is 0. The van der Waals surface area contributed by atoms with Crippen LogP contribution in [0.25, 0.3) is 17.2 Å². The second-order valence-corrected chi connectivity index (χ2v) is 11.9. The van der Waals surface area contributed by atoms with Gasteiger partial charge in [-0.3, -0.25) is 4.79 Å². The molecular formula is C37H43N3O4. The van der Waals surface area contributed by atoms with Crippen molar-refractivity contribution in [2.75, 3.05) is 33.8 Å². The minimum atomic E-state index is -0.644.